The number of carboxylic acid groups (broad SMARTS) is 1. The molecule has 3 N–H and O–H groups in total. The van der Waals surface area contributed by atoms with E-state index in [0.29, 0.717) is 10.2 Å². The first kappa shape index (κ1) is 22.6. The van der Waals surface area contributed by atoms with E-state index in [0.717, 1.165) is 11.0 Å². The van der Waals surface area contributed by atoms with Crippen LogP contribution in [0.1, 0.15) is 13.8 Å². The molecule has 2 rings (SSSR count). The fraction of sp³-hybridized carbons (Fsp3) is 0.150. The Kier molecular flexibility index (Phi) is 7.98. The Morgan fingerprint density at radius 1 is 1.14 bits per heavy atom. The molecule has 0 aliphatic carbocycles. The van der Waals surface area contributed by atoms with Crippen LogP contribution in [0.3, 0.4) is 0 Å². The monoisotopic (exact) mass is 480 g/mol. The minimum atomic E-state index is -1.16. The van der Waals surface area contributed by atoms with Crippen molar-refractivity contribution in [2.45, 2.75) is 24.0 Å². The second-order valence-electron chi connectivity index (χ2n) is 6.02. The predicted octanol–water partition coefficient (Wildman–Crippen LogP) is 4.68. The van der Waals surface area contributed by atoms with E-state index in [-0.39, 0.29) is 17.2 Å². The molecule has 6 nitrogen and oxygen atoms in total. The van der Waals surface area contributed by atoms with Crippen LogP contribution < -0.4 is 10.6 Å². The number of carbonyl (C=O) groups is 3. The fourth-order valence-corrected chi connectivity index (χ4v) is 3.34. The molecule has 0 saturated carbocycles. The number of carbonyl (C=O) groups excluding carboxylic acids is 2. The summed E-state index contributed by atoms with van der Waals surface area (Å²) >= 11 is 4.44. The maximum Gasteiger partial charge on any atom is 0.331 e. The highest BCUT2D eigenvalue weighted by molar-refractivity contribution is 9.10. The minimum absolute atomic E-state index is 0.0725. The number of hydrogen-bond donors (Lipinski definition) is 3. The number of thioether (sulfide) groups is 1. The second-order valence-corrected chi connectivity index (χ2v) is 8.35. The van der Waals surface area contributed by atoms with Crippen molar-refractivity contribution in [2.75, 3.05) is 10.6 Å². The topological polar surface area (TPSA) is 95.5 Å². The van der Waals surface area contributed by atoms with Gasteiger partial charge >= 0.3 is 5.97 Å². The lowest BCUT2D eigenvalue weighted by atomic mass is 10.2. The molecule has 0 aliphatic heterocycles. The molecule has 0 spiro atoms. The number of halogens is 2. The maximum absolute atomic E-state index is 13.9. The number of benzene rings is 2. The van der Waals surface area contributed by atoms with Crippen molar-refractivity contribution in [3.8, 4) is 0 Å². The van der Waals surface area contributed by atoms with Crippen molar-refractivity contribution in [3.63, 3.8) is 0 Å². The van der Waals surface area contributed by atoms with Gasteiger partial charge < -0.3 is 15.7 Å². The summed E-state index contributed by atoms with van der Waals surface area (Å²) in [6, 6.07) is 11.1. The molecule has 1 unspecified atom stereocenters. The summed E-state index contributed by atoms with van der Waals surface area (Å²) in [5, 5.41) is 13.4. The van der Waals surface area contributed by atoms with Gasteiger partial charge in [-0.25, -0.2) is 9.18 Å². The average molecular weight is 481 g/mol. The molecule has 0 fully saturated rings. The highest BCUT2D eigenvalue weighted by atomic mass is 79.9. The zero-order valence-corrected chi connectivity index (χ0v) is 17.9. The molecule has 0 heterocycles. The Morgan fingerprint density at radius 3 is 2.38 bits per heavy atom. The van der Waals surface area contributed by atoms with Crippen molar-refractivity contribution in [2.24, 2.45) is 0 Å². The number of amides is 2. The third kappa shape index (κ3) is 7.03. The molecule has 2 amide bonds. The Morgan fingerprint density at radius 2 is 1.79 bits per heavy atom. The highest BCUT2D eigenvalue weighted by Crippen LogP contribution is 2.26. The van der Waals surface area contributed by atoms with E-state index in [4.69, 9.17) is 5.11 Å². The second kappa shape index (κ2) is 10.2. The van der Waals surface area contributed by atoms with E-state index in [1.54, 1.807) is 37.3 Å². The molecule has 0 saturated heterocycles. The zero-order valence-electron chi connectivity index (χ0n) is 15.5. The zero-order chi connectivity index (χ0) is 21.6. The lowest BCUT2D eigenvalue weighted by molar-refractivity contribution is -0.132. The standard InChI is InChI=1S/C20H18BrFN2O4S/c1-11(20(27)28)9-18(25)23-14-4-6-15(7-5-14)29-12(2)19(26)24-17-8-3-13(21)10-16(17)22/h3-10,12H,1-2H3,(H,23,25)(H,24,26)(H,27,28)/b11-9+. The van der Waals surface area contributed by atoms with Gasteiger partial charge in [0.1, 0.15) is 5.82 Å². The van der Waals surface area contributed by atoms with Crippen molar-refractivity contribution in [1.29, 1.82) is 0 Å². The molecule has 0 aromatic heterocycles. The van der Waals surface area contributed by atoms with Gasteiger partial charge in [0.2, 0.25) is 11.8 Å². The maximum atomic E-state index is 13.9. The first-order valence-corrected chi connectivity index (χ1v) is 10.1. The number of hydrogen-bond acceptors (Lipinski definition) is 4. The van der Waals surface area contributed by atoms with Crippen molar-refractivity contribution in [3.05, 3.63) is 64.4 Å². The summed E-state index contributed by atoms with van der Waals surface area (Å²) in [6.07, 6.45) is 0.999. The van der Waals surface area contributed by atoms with Gasteiger partial charge in [0.25, 0.3) is 0 Å². The summed E-state index contributed by atoms with van der Waals surface area (Å²) < 4.78 is 14.4. The smallest absolute Gasteiger partial charge is 0.331 e. The Bertz CT molecular complexity index is 963. The summed E-state index contributed by atoms with van der Waals surface area (Å²) in [6.45, 7) is 3.03. The summed E-state index contributed by atoms with van der Waals surface area (Å²) in [7, 11) is 0. The van der Waals surface area contributed by atoms with Gasteiger partial charge in [-0.2, -0.15) is 0 Å². The van der Waals surface area contributed by atoms with Gasteiger partial charge in [0.05, 0.1) is 10.9 Å². The van der Waals surface area contributed by atoms with Crippen LogP contribution in [-0.4, -0.2) is 28.1 Å². The third-order valence-corrected chi connectivity index (χ3v) is 5.28. The molecule has 29 heavy (non-hydrogen) atoms. The number of aliphatic carboxylic acids is 1. The molecule has 0 aliphatic rings. The molecule has 1 atom stereocenters. The van der Waals surface area contributed by atoms with Crippen LogP contribution >= 0.6 is 27.7 Å². The minimum Gasteiger partial charge on any atom is -0.478 e. The molecule has 0 bridgehead atoms. The van der Waals surface area contributed by atoms with Gasteiger partial charge in [-0.15, -0.1) is 11.8 Å². The van der Waals surface area contributed by atoms with E-state index in [1.807, 2.05) is 0 Å². The Balaban J connectivity index is 1.94. The van der Waals surface area contributed by atoms with Gasteiger partial charge in [0.15, 0.2) is 0 Å². The number of anilines is 2. The van der Waals surface area contributed by atoms with Crippen molar-refractivity contribution < 1.29 is 23.9 Å². The average Bonchev–Trinajstić information content (AvgIpc) is 2.65. The summed E-state index contributed by atoms with van der Waals surface area (Å²) in [4.78, 5) is 35.6. The normalized spacial score (nSPS) is 12.2. The largest absolute Gasteiger partial charge is 0.478 e. The molecule has 2 aromatic carbocycles. The Hall–Kier alpha value is -2.65. The lowest BCUT2D eigenvalue weighted by Gasteiger charge is -2.13. The van der Waals surface area contributed by atoms with Crippen molar-refractivity contribution >= 4 is 56.9 Å². The quantitative estimate of drug-likeness (QED) is 0.395. The van der Waals surface area contributed by atoms with Crippen LogP contribution in [0.15, 0.2) is 63.5 Å². The van der Waals surface area contributed by atoms with Crippen LogP contribution in [0.4, 0.5) is 15.8 Å². The van der Waals surface area contributed by atoms with E-state index < -0.39 is 22.9 Å². The summed E-state index contributed by atoms with van der Waals surface area (Å²) in [5.41, 5.74) is 0.521. The molecule has 0 radical (unpaired) electrons. The van der Waals surface area contributed by atoms with Crippen LogP contribution in [0.2, 0.25) is 0 Å². The molecular weight excluding hydrogens is 463 g/mol. The molecule has 152 valence electrons. The highest BCUT2D eigenvalue weighted by Gasteiger charge is 2.16. The molecule has 9 heteroatoms. The van der Waals surface area contributed by atoms with E-state index in [1.165, 1.54) is 30.8 Å². The third-order valence-electron chi connectivity index (χ3n) is 3.68. The lowest BCUT2D eigenvalue weighted by Crippen LogP contribution is -2.22. The summed E-state index contributed by atoms with van der Waals surface area (Å²) in [5.74, 6) is -2.59. The number of carboxylic acids is 1. The van der Waals surface area contributed by atoms with E-state index >= 15 is 0 Å². The fourth-order valence-electron chi connectivity index (χ4n) is 2.14. The van der Waals surface area contributed by atoms with Gasteiger partial charge in [-0.3, -0.25) is 9.59 Å². The SMILES string of the molecule is C/C(=C\C(=O)Nc1ccc(SC(C)C(=O)Nc2ccc(Br)cc2F)cc1)C(=O)O. The first-order valence-electron chi connectivity index (χ1n) is 8.41. The van der Waals surface area contributed by atoms with Gasteiger partial charge in [-0.05, 0) is 56.3 Å². The van der Waals surface area contributed by atoms with Crippen molar-refractivity contribution in [1.82, 2.24) is 0 Å². The van der Waals surface area contributed by atoms with Crippen LogP contribution in [-0.2, 0) is 14.4 Å². The van der Waals surface area contributed by atoms with Crippen LogP contribution in [0, 0.1) is 5.82 Å². The number of nitrogens with one attached hydrogen (secondary N) is 2. The Labute approximate surface area is 179 Å². The van der Waals surface area contributed by atoms with Gasteiger partial charge in [0, 0.05) is 26.7 Å². The molecular formula is C20H18BrFN2O4S. The van der Waals surface area contributed by atoms with Crippen LogP contribution in [0.5, 0.6) is 0 Å². The van der Waals surface area contributed by atoms with E-state index in [9.17, 15) is 18.8 Å². The van der Waals surface area contributed by atoms with E-state index in [2.05, 4.69) is 26.6 Å². The molecule has 2 aromatic rings. The van der Waals surface area contributed by atoms with Crippen LogP contribution in [0.25, 0.3) is 0 Å². The predicted molar refractivity (Wildman–Crippen MR) is 115 cm³/mol. The number of rotatable bonds is 7. The van der Waals surface area contributed by atoms with Gasteiger partial charge in [-0.1, -0.05) is 15.9 Å². The first-order chi connectivity index (χ1) is 13.7.